The van der Waals surface area contributed by atoms with Crippen LogP contribution in [0.5, 0.6) is 0 Å². The van der Waals surface area contributed by atoms with Crippen LogP contribution in [0.1, 0.15) is 12.5 Å². The molecule has 20 heavy (non-hydrogen) atoms. The number of likely N-dealkylation sites (N-methyl/N-ethyl adjacent to an activating group) is 1. The number of carbonyl (C=O) groups is 2. The minimum atomic E-state index is -0.213. The molecule has 0 saturated carbocycles. The van der Waals surface area contributed by atoms with Crippen LogP contribution in [-0.2, 0) is 4.79 Å². The van der Waals surface area contributed by atoms with Gasteiger partial charge in [0.15, 0.2) is 0 Å². The van der Waals surface area contributed by atoms with Crippen molar-refractivity contribution in [3.8, 4) is 0 Å². The molecule has 1 aliphatic rings. The van der Waals surface area contributed by atoms with Crippen molar-refractivity contribution in [2.45, 2.75) is 6.92 Å². The van der Waals surface area contributed by atoms with Crippen molar-refractivity contribution < 1.29 is 9.59 Å². The first kappa shape index (κ1) is 15.1. The zero-order valence-electron chi connectivity index (χ0n) is 11.5. The molecule has 0 bridgehead atoms. The Morgan fingerprint density at radius 2 is 2.05 bits per heavy atom. The van der Waals surface area contributed by atoms with Crippen LogP contribution in [0.25, 0.3) is 6.08 Å². The Bertz CT molecular complexity index is 599. The van der Waals surface area contributed by atoms with Crippen molar-refractivity contribution in [2.75, 3.05) is 25.5 Å². The van der Waals surface area contributed by atoms with Crippen LogP contribution in [-0.4, -0.2) is 36.7 Å². The lowest BCUT2D eigenvalue weighted by Crippen LogP contribution is -2.27. The topological polar surface area (TPSA) is 40.6 Å². The summed E-state index contributed by atoms with van der Waals surface area (Å²) < 4.78 is 0.950. The van der Waals surface area contributed by atoms with Gasteiger partial charge in [0, 0.05) is 25.1 Å². The van der Waals surface area contributed by atoms with Gasteiger partial charge in [-0.25, -0.2) is 0 Å². The van der Waals surface area contributed by atoms with E-state index in [1.165, 1.54) is 4.90 Å². The van der Waals surface area contributed by atoms with Gasteiger partial charge in [-0.1, -0.05) is 6.07 Å². The van der Waals surface area contributed by atoms with Gasteiger partial charge >= 0.3 is 0 Å². The Balaban J connectivity index is 2.30. The molecule has 0 spiro atoms. The summed E-state index contributed by atoms with van der Waals surface area (Å²) in [5.41, 5.74) is 1.95. The minimum Gasteiger partial charge on any atom is -0.377 e. The van der Waals surface area contributed by atoms with E-state index in [-0.39, 0.29) is 11.1 Å². The van der Waals surface area contributed by atoms with Gasteiger partial charge in [0.2, 0.25) is 0 Å². The first-order chi connectivity index (χ1) is 9.43. The summed E-state index contributed by atoms with van der Waals surface area (Å²) in [6.45, 7) is 2.20. The highest BCUT2D eigenvalue weighted by atomic mass is 79.9. The lowest BCUT2D eigenvalue weighted by Gasteiger charge is -2.14. The van der Waals surface area contributed by atoms with E-state index in [2.05, 4.69) is 15.9 Å². The van der Waals surface area contributed by atoms with E-state index in [0.717, 1.165) is 27.5 Å². The average molecular weight is 355 g/mol. The maximum Gasteiger partial charge on any atom is 0.293 e. The van der Waals surface area contributed by atoms with Gasteiger partial charge in [0.05, 0.1) is 10.6 Å². The molecule has 1 heterocycles. The first-order valence-corrected chi connectivity index (χ1v) is 7.77. The van der Waals surface area contributed by atoms with Gasteiger partial charge in [-0.2, -0.15) is 0 Å². The predicted molar refractivity (Wildman–Crippen MR) is 86.8 cm³/mol. The number of hydrogen-bond acceptors (Lipinski definition) is 4. The Labute approximate surface area is 130 Å². The molecule has 1 aromatic rings. The fraction of sp³-hybridized carbons (Fsp3) is 0.286. The van der Waals surface area contributed by atoms with Crippen molar-refractivity contribution in [2.24, 2.45) is 0 Å². The maximum atomic E-state index is 12.0. The molecule has 0 unspecified atom stereocenters. The third-order valence-electron chi connectivity index (χ3n) is 2.94. The van der Waals surface area contributed by atoms with E-state index in [1.807, 2.05) is 37.2 Å². The average Bonchev–Trinajstić information content (AvgIpc) is 2.63. The molecule has 0 atom stereocenters. The Morgan fingerprint density at radius 1 is 1.35 bits per heavy atom. The number of amides is 2. The van der Waals surface area contributed by atoms with Gasteiger partial charge in [-0.3, -0.25) is 14.5 Å². The predicted octanol–water partition coefficient (Wildman–Crippen LogP) is 3.57. The van der Waals surface area contributed by atoms with Crippen molar-refractivity contribution in [3.05, 3.63) is 33.1 Å². The monoisotopic (exact) mass is 354 g/mol. The Morgan fingerprint density at radius 3 is 2.55 bits per heavy atom. The molecule has 106 valence electrons. The van der Waals surface area contributed by atoms with Crippen LogP contribution in [0.15, 0.2) is 27.6 Å². The van der Waals surface area contributed by atoms with Gasteiger partial charge in [-0.15, -0.1) is 0 Å². The lowest BCUT2D eigenvalue weighted by molar-refractivity contribution is -0.122. The molecule has 1 aliphatic heterocycles. The molecule has 1 saturated heterocycles. The number of anilines is 1. The number of benzene rings is 1. The summed E-state index contributed by atoms with van der Waals surface area (Å²) >= 11 is 4.50. The zero-order valence-corrected chi connectivity index (χ0v) is 13.9. The molecule has 0 aromatic heterocycles. The summed E-state index contributed by atoms with van der Waals surface area (Å²) in [7, 11) is 3.93. The molecule has 1 aromatic carbocycles. The molecule has 0 radical (unpaired) electrons. The molecule has 1 fully saturated rings. The quantitative estimate of drug-likeness (QED) is 0.778. The molecule has 6 heteroatoms. The normalized spacial score (nSPS) is 17.2. The highest BCUT2D eigenvalue weighted by Gasteiger charge is 2.33. The van der Waals surface area contributed by atoms with Crippen LogP contribution < -0.4 is 4.90 Å². The number of imide groups is 1. The third kappa shape index (κ3) is 2.91. The fourth-order valence-electron chi connectivity index (χ4n) is 1.90. The maximum absolute atomic E-state index is 12.0. The van der Waals surface area contributed by atoms with Crippen LogP contribution in [0, 0.1) is 0 Å². The van der Waals surface area contributed by atoms with Gasteiger partial charge < -0.3 is 4.90 Å². The summed E-state index contributed by atoms with van der Waals surface area (Å²) in [5.74, 6) is -0.213. The SMILES string of the molecule is CCN1C(=O)S/C(=C/c2ccc(N(C)C)c(Br)c2)C1=O. The number of hydrogen-bond donors (Lipinski definition) is 0. The van der Waals surface area contributed by atoms with E-state index >= 15 is 0 Å². The van der Waals surface area contributed by atoms with Crippen molar-refractivity contribution in [3.63, 3.8) is 0 Å². The standard InChI is InChI=1S/C14H15BrN2O2S/c1-4-17-13(18)12(20-14(17)19)8-9-5-6-11(16(2)3)10(15)7-9/h5-8H,4H2,1-3H3/b12-8+. The molecule has 0 aliphatic carbocycles. The van der Waals surface area contributed by atoms with E-state index in [0.29, 0.717) is 11.4 Å². The number of halogens is 1. The number of nitrogens with zero attached hydrogens (tertiary/aromatic N) is 2. The minimum absolute atomic E-state index is 0.201. The molecule has 0 N–H and O–H groups in total. The highest BCUT2D eigenvalue weighted by Crippen LogP contribution is 2.33. The number of rotatable bonds is 3. The molecule has 4 nitrogen and oxygen atoms in total. The largest absolute Gasteiger partial charge is 0.377 e. The van der Waals surface area contributed by atoms with Crippen LogP contribution >= 0.6 is 27.7 Å². The second kappa shape index (κ2) is 6.01. The zero-order chi connectivity index (χ0) is 14.9. The molecule has 2 rings (SSSR count). The molecular weight excluding hydrogens is 340 g/mol. The van der Waals surface area contributed by atoms with Gasteiger partial charge in [0.1, 0.15) is 0 Å². The van der Waals surface area contributed by atoms with Crippen LogP contribution in [0.3, 0.4) is 0 Å². The molecule has 2 amide bonds. The first-order valence-electron chi connectivity index (χ1n) is 6.16. The second-order valence-corrected chi connectivity index (χ2v) is 6.38. The summed E-state index contributed by atoms with van der Waals surface area (Å²) in [6, 6.07) is 5.84. The van der Waals surface area contributed by atoms with E-state index in [4.69, 9.17) is 0 Å². The van der Waals surface area contributed by atoms with E-state index in [1.54, 1.807) is 13.0 Å². The van der Waals surface area contributed by atoms with Gasteiger partial charge in [0.25, 0.3) is 11.1 Å². The van der Waals surface area contributed by atoms with Crippen LogP contribution in [0.2, 0.25) is 0 Å². The van der Waals surface area contributed by atoms with Crippen molar-refractivity contribution in [1.29, 1.82) is 0 Å². The second-order valence-electron chi connectivity index (χ2n) is 4.53. The lowest BCUT2D eigenvalue weighted by atomic mass is 10.2. The summed E-state index contributed by atoms with van der Waals surface area (Å²) in [5, 5.41) is -0.201. The Kier molecular flexibility index (Phi) is 4.55. The highest BCUT2D eigenvalue weighted by molar-refractivity contribution is 9.10. The van der Waals surface area contributed by atoms with Gasteiger partial charge in [-0.05, 0) is 58.4 Å². The van der Waals surface area contributed by atoms with Crippen molar-refractivity contribution in [1.82, 2.24) is 4.90 Å². The smallest absolute Gasteiger partial charge is 0.293 e. The summed E-state index contributed by atoms with van der Waals surface area (Å²) in [6.07, 6.45) is 1.75. The van der Waals surface area contributed by atoms with Crippen molar-refractivity contribution >= 4 is 50.6 Å². The van der Waals surface area contributed by atoms with Crippen LogP contribution in [0.4, 0.5) is 10.5 Å². The molecular formula is C14H15BrN2O2S. The number of thioether (sulfide) groups is 1. The third-order valence-corrected chi connectivity index (χ3v) is 4.48. The number of carbonyl (C=O) groups excluding carboxylic acids is 2. The van der Waals surface area contributed by atoms with E-state index < -0.39 is 0 Å². The van der Waals surface area contributed by atoms with E-state index in [9.17, 15) is 9.59 Å². The fourth-order valence-corrected chi connectivity index (χ4v) is 3.55. The summed E-state index contributed by atoms with van der Waals surface area (Å²) in [4.78, 5) is 27.4. The Hall–Kier alpha value is -1.27.